The zero-order valence-electron chi connectivity index (χ0n) is 18.2. The van der Waals surface area contributed by atoms with E-state index in [1.54, 1.807) is 0 Å². The Kier molecular flexibility index (Phi) is 24.0. The fourth-order valence-corrected chi connectivity index (χ4v) is 2.92. The van der Waals surface area contributed by atoms with E-state index in [0.717, 1.165) is 0 Å². The van der Waals surface area contributed by atoms with Crippen molar-refractivity contribution in [3.63, 3.8) is 0 Å². The van der Waals surface area contributed by atoms with Gasteiger partial charge in [0.1, 0.15) is 39.5 Å². The van der Waals surface area contributed by atoms with Gasteiger partial charge in [-0.25, -0.2) is 14.4 Å². The van der Waals surface area contributed by atoms with E-state index < -0.39 is 29.1 Å². The highest BCUT2D eigenvalue weighted by Crippen LogP contribution is 2.10. The number of halogens is 6. The first kappa shape index (κ1) is 35.1. The van der Waals surface area contributed by atoms with Gasteiger partial charge in [0.15, 0.2) is 11.2 Å². The minimum absolute atomic E-state index is 0.166. The maximum Gasteiger partial charge on any atom is 0.330 e. The lowest BCUT2D eigenvalue weighted by Crippen LogP contribution is -3.13. The lowest BCUT2D eigenvalue weighted by Gasteiger charge is -2.20. The molecule has 0 fully saturated rings. The Hall–Kier alpha value is 1.13. The second-order valence-electron chi connectivity index (χ2n) is 6.24. The molecule has 1 N–H and O–H groups in total. The quantitative estimate of drug-likeness (QED) is 0.0801. The molecule has 0 spiro atoms. The average molecular weight is 882 g/mol. The smallest absolute Gasteiger partial charge is 0.330 e. The first-order valence-electron chi connectivity index (χ1n) is 10.1. The highest BCUT2D eigenvalue weighted by molar-refractivity contribution is 9.25. The van der Waals surface area contributed by atoms with Crippen molar-refractivity contribution in [3.05, 3.63) is 0 Å². The highest BCUT2D eigenvalue weighted by atomic mass is 79.9. The number of alkyl halides is 6. The minimum Gasteiger partial charge on any atom is -0.462 e. The molecule has 0 atom stereocenters. The predicted molar refractivity (Wildman–Crippen MR) is 146 cm³/mol. The van der Waals surface area contributed by atoms with Crippen LogP contribution < -0.4 is 4.90 Å². The van der Waals surface area contributed by atoms with Gasteiger partial charge >= 0.3 is 17.9 Å². The average Bonchev–Trinajstić information content (AvgIpc) is 2.78. The lowest BCUT2D eigenvalue weighted by molar-refractivity contribution is -0.901. The van der Waals surface area contributed by atoms with E-state index in [1.807, 2.05) is 0 Å². The normalized spacial score (nSPS) is 11.5. The van der Waals surface area contributed by atoms with Gasteiger partial charge in [-0.2, -0.15) is 0 Å². The molecule has 0 aliphatic heterocycles. The molecule has 0 unspecified atom stereocenters. The Labute approximate surface area is 249 Å². The van der Waals surface area contributed by atoms with E-state index in [-0.39, 0.29) is 19.8 Å². The third-order valence-electron chi connectivity index (χ3n) is 3.75. The topological polar surface area (TPSA) is 111 Å². The van der Waals surface area contributed by atoms with Gasteiger partial charge in [0.25, 0.3) is 0 Å². The molecule has 0 radical (unpaired) electrons. The molecule has 0 bridgehead atoms. The molecule has 0 aliphatic carbocycles. The second kappa shape index (κ2) is 23.3. The number of carbonyl (C=O) groups excluding carboxylic acids is 3. The van der Waals surface area contributed by atoms with E-state index in [2.05, 4.69) is 95.6 Å². The molecular weight excluding hydrogens is 854 g/mol. The van der Waals surface area contributed by atoms with Crippen LogP contribution in [-0.4, -0.2) is 108 Å². The molecule has 0 amide bonds. The highest BCUT2D eigenvalue weighted by Gasteiger charge is 2.14. The lowest BCUT2D eigenvalue weighted by atomic mass is 10.4. The third-order valence-corrected chi connectivity index (χ3v) is 5.99. The first-order chi connectivity index (χ1) is 16.1. The largest absolute Gasteiger partial charge is 0.462 e. The molecule has 200 valence electrons. The number of ether oxygens (including phenoxy) is 6. The summed E-state index contributed by atoms with van der Waals surface area (Å²) in [7, 11) is 0. The summed E-state index contributed by atoms with van der Waals surface area (Å²) in [5, 5.41) is 0. The molecule has 16 heteroatoms. The van der Waals surface area contributed by atoms with Crippen molar-refractivity contribution < 1.29 is 47.7 Å². The van der Waals surface area contributed by atoms with E-state index in [9.17, 15) is 14.4 Å². The van der Waals surface area contributed by atoms with Gasteiger partial charge in [-0.05, 0) is 0 Å². The van der Waals surface area contributed by atoms with Gasteiger partial charge in [0.2, 0.25) is 0 Å². The molecular formula is C18H28Br6NO9+. The maximum absolute atomic E-state index is 11.3. The van der Waals surface area contributed by atoms with Gasteiger partial charge in [-0.3, -0.25) is 0 Å². The van der Waals surface area contributed by atoms with E-state index >= 15 is 0 Å². The van der Waals surface area contributed by atoms with Gasteiger partial charge < -0.3 is 33.3 Å². The maximum atomic E-state index is 11.3. The Morgan fingerprint density at radius 3 is 0.971 bits per heavy atom. The number of hydrogen-bond acceptors (Lipinski definition) is 9. The van der Waals surface area contributed by atoms with E-state index in [1.165, 1.54) is 4.90 Å². The Morgan fingerprint density at radius 1 is 0.471 bits per heavy atom. The molecule has 0 saturated carbocycles. The molecule has 0 saturated heterocycles. The zero-order valence-corrected chi connectivity index (χ0v) is 27.7. The SMILES string of the molecule is O=C(OCCOCC[NH+](CCOCCOC(=O)C(Br)Br)CCOCCOC(=O)C(Br)Br)C(Br)Br. The standard InChI is InChI=1S/C18H27Br6NO9/c19-13(20)16(26)32-10-7-29-4-1-25(2-5-30-8-11-33-17(27)14(21)22)3-6-31-9-12-34-18(28)15(23)24/h13-15H,1-12H2/p+1. The number of rotatable bonds is 21. The fraction of sp³-hybridized carbons (Fsp3) is 0.833. The molecule has 0 aliphatic rings. The first-order valence-corrected chi connectivity index (χ1v) is 15.6. The molecule has 10 nitrogen and oxygen atoms in total. The number of hydrogen-bond donors (Lipinski definition) is 1. The summed E-state index contributed by atoms with van der Waals surface area (Å²) in [6, 6.07) is 0. The van der Waals surface area contributed by atoms with Crippen LogP contribution in [0.4, 0.5) is 0 Å². The van der Waals surface area contributed by atoms with Crippen molar-refractivity contribution in [2.24, 2.45) is 0 Å². The number of esters is 3. The van der Waals surface area contributed by atoms with Crippen LogP contribution in [0.2, 0.25) is 0 Å². The third kappa shape index (κ3) is 21.2. The summed E-state index contributed by atoms with van der Waals surface area (Å²) in [5.41, 5.74) is 0. The molecule has 0 heterocycles. The second-order valence-corrected chi connectivity index (χ2v) is 15.4. The van der Waals surface area contributed by atoms with Crippen molar-refractivity contribution in [1.82, 2.24) is 0 Å². The predicted octanol–water partition coefficient (Wildman–Crippen LogP) is 1.90. The van der Waals surface area contributed by atoms with Crippen LogP contribution in [0.3, 0.4) is 0 Å². The monoisotopic (exact) mass is 876 g/mol. The summed E-state index contributed by atoms with van der Waals surface area (Å²) in [6.07, 6.45) is 0. The van der Waals surface area contributed by atoms with Crippen molar-refractivity contribution in [2.75, 3.05) is 79.1 Å². The molecule has 0 aromatic rings. The fourth-order valence-electron chi connectivity index (χ4n) is 2.12. The number of carbonyl (C=O) groups is 3. The zero-order chi connectivity index (χ0) is 25.8. The van der Waals surface area contributed by atoms with Crippen LogP contribution in [-0.2, 0) is 42.8 Å². The Bertz CT molecular complexity index is 496. The summed E-state index contributed by atoms with van der Waals surface area (Å²) in [5.74, 6) is -1.23. The summed E-state index contributed by atoms with van der Waals surface area (Å²) in [6.45, 7) is 4.82. The van der Waals surface area contributed by atoms with Crippen LogP contribution >= 0.6 is 95.6 Å². The van der Waals surface area contributed by atoms with Crippen LogP contribution in [0.5, 0.6) is 0 Å². The van der Waals surface area contributed by atoms with Crippen molar-refractivity contribution in [3.8, 4) is 0 Å². The van der Waals surface area contributed by atoms with Crippen molar-refractivity contribution >= 4 is 113 Å². The van der Waals surface area contributed by atoms with Gasteiger partial charge in [-0.15, -0.1) is 0 Å². The molecule has 0 aromatic heterocycles. The summed E-state index contributed by atoms with van der Waals surface area (Å²) in [4.78, 5) is 35.2. The van der Waals surface area contributed by atoms with E-state index in [0.29, 0.717) is 59.3 Å². The van der Waals surface area contributed by atoms with Gasteiger partial charge in [0, 0.05) is 0 Å². The van der Waals surface area contributed by atoms with Crippen LogP contribution in [0.1, 0.15) is 0 Å². The molecule has 34 heavy (non-hydrogen) atoms. The van der Waals surface area contributed by atoms with Gasteiger partial charge in [-0.1, -0.05) is 95.6 Å². The molecule has 0 rings (SSSR count). The van der Waals surface area contributed by atoms with E-state index in [4.69, 9.17) is 28.4 Å². The van der Waals surface area contributed by atoms with Crippen LogP contribution in [0.25, 0.3) is 0 Å². The Morgan fingerprint density at radius 2 is 0.735 bits per heavy atom. The molecule has 0 aromatic carbocycles. The van der Waals surface area contributed by atoms with Crippen molar-refractivity contribution in [1.29, 1.82) is 0 Å². The summed E-state index contributed by atoms with van der Waals surface area (Å²) < 4.78 is 30.0. The van der Waals surface area contributed by atoms with Crippen molar-refractivity contribution in [2.45, 2.75) is 11.2 Å². The van der Waals surface area contributed by atoms with Crippen LogP contribution in [0, 0.1) is 0 Å². The van der Waals surface area contributed by atoms with Crippen LogP contribution in [0.15, 0.2) is 0 Å². The van der Waals surface area contributed by atoms with Gasteiger partial charge in [0.05, 0.1) is 39.6 Å². The minimum atomic E-state index is -0.535. The number of quaternary nitrogens is 1. The number of nitrogens with one attached hydrogen (secondary N) is 1. The Balaban J connectivity index is 4.14. The summed E-state index contributed by atoms with van der Waals surface area (Å²) >= 11 is 18.4.